The van der Waals surface area contributed by atoms with E-state index >= 15 is 0 Å². The van der Waals surface area contributed by atoms with E-state index < -0.39 is 24.3 Å². The number of aryl methyl sites for hydroxylation is 1. The van der Waals surface area contributed by atoms with Crippen molar-refractivity contribution in [1.82, 2.24) is 9.78 Å². The van der Waals surface area contributed by atoms with Gasteiger partial charge in [0, 0.05) is 5.02 Å². The highest BCUT2D eigenvalue weighted by atomic mass is 35.5. The van der Waals surface area contributed by atoms with Crippen molar-refractivity contribution in [1.29, 1.82) is 0 Å². The standard InChI is InChI=1S/C22H20ClN3O5/c1-13-20(14(2)26(25-13)16-7-5-4-6-8-16)21(28)22(29)31-12-19(27)24-17-11-15(23)9-10-18(17)30-3/h4-11H,12H2,1-3H3,(H,24,27). The zero-order valence-corrected chi connectivity index (χ0v) is 17.9. The average Bonchev–Trinajstić information content (AvgIpc) is 3.06. The Balaban J connectivity index is 1.68. The van der Waals surface area contributed by atoms with Gasteiger partial charge in [-0.1, -0.05) is 29.8 Å². The van der Waals surface area contributed by atoms with Gasteiger partial charge in [-0.2, -0.15) is 5.10 Å². The van der Waals surface area contributed by atoms with Crippen LogP contribution in [0, 0.1) is 13.8 Å². The molecule has 0 radical (unpaired) electrons. The summed E-state index contributed by atoms with van der Waals surface area (Å²) in [4.78, 5) is 37.1. The van der Waals surface area contributed by atoms with Crippen molar-refractivity contribution in [2.24, 2.45) is 0 Å². The molecule has 0 aliphatic carbocycles. The summed E-state index contributed by atoms with van der Waals surface area (Å²) < 4.78 is 11.6. The molecule has 1 heterocycles. The Labute approximate surface area is 183 Å². The minimum atomic E-state index is -1.15. The fourth-order valence-corrected chi connectivity index (χ4v) is 3.23. The molecule has 0 unspecified atom stereocenters. The summed E-state index contributed by atoms with van der Waals surface area (Å²) in [5.41, 5.74) is 2.10. The van der Waals surface area contributed by atoms with Crippen molar-refractivity contribution < 1.29 is 23.9 Å². The van der Waals surface area contributed by atoms with Gasteiger partial charge in [0.05, 0.1) is 35.4 Å². The normalized spacial score (nSPS) is 10.5. The SMILES string of the molecule is COc1ccc(Cl)cc1NC(=O)COC(=O)C(=O)c1c(C)nn(-c2ccccc2)c1C. The number of benzene rings is 2. The molecule has 0 spiro atoms. The number of hydrogen-bond acceptors (Lipinski definition) is 6. The molecule has 9 heteroatoms. The number of rotatable bonds is 7. The molecule has 1 N–H and O–H groups in total. The van der Waals surface area contributed by atoms with E-state index in [4.69, 9.17) is 21.1 Å². The van der Waals surface area contributed by atoms with E-state index in [0.717, 1.165) is 5.69 Å². The maximum atomic E-state index is 12.6. The van der Waals surface area contributed by atoms with Crippen molar-refractivity contribution in [3.05, 3.63) is 70.5 Å². The predicted molar refractivity (Wildman–Crippen MR) is 115 cm³/mol. The number of halogens is 1. The van der Waals surface area contributed by atoms with Crippen LogP contribution in [0.1, 0.15) is 21.7 Å². The van der Waals surface area contributed by atoms with Gasteiger partial charge in [-0.05, 0) is 44.2 Å². The Morgan fingerprint density at radius 1 is 1.10 bits per heavy atom. The molecule has 31 heavy (non-hydrogen) atoms. The van der Waals surface area contributed by atoms with Gasteiger partial charge in [0.25, 0.3) is 11.7 Å². The first kappa shape index (κ1) is 22.0. The molecule has 3 rings (SSSR count). The highest BCUT2D eigenvalue weighted by Gasteiger charge is 2.27. The lowest BCUT2D eigenvalue weighted by atomic mass is 10.1. The number of methoxy groups -OCH3 is 1. The van der Waals surface area contributed by atoms with Crippen molar-refractivity contribution >= 4 is 34.9 Å². The van der Waals surface area contributed by atoms with E-state index in [0.29, 0.717) is 27.8 Å². The van der Waals surface area contributed by atoms with Gasteiger partial charge < -0.3 is 14.8 Å². The summed E-state index contributed by atoms with van der Waals surface area (Å²) in [5, 5.41) is 7.27. The number of hydrogen-bond donors (Lipinski definition) is 1. The molecule has 0 bridgehead atoms. The first-order valence-electron chi connectivity index (χ1n) is 9.28. The molecule has 1 aromatic heterocycles. The van der Waals surface area contributed by atoms with Crippen LogP contribution in [-0.4, -0.2) is 41.2 Å². The van der Waals surface area contributed by atoms with Crippen LogP contribution in [0.3, 0.4) is 0 Å². The fraction of sp³-hybridized carbons (Fsp3) is 0.182. The van der Waals surface area contributed by atoms with Gasteiger partial charge in [-0.25, -0.2) is 9.48 Å². The minimum Gasteiger partial charge on any atom is -0.495 e. The van der Waals surface area contributed by atoms with E-state index in [1.165, 1.54) is 13.2 Å². The number of aromatic nitrogens is 2. The second-order valence-electron chi connectivity index (χ2n) is 6.59. The van der Waals surface area contributed by atoms with Gasteiger partial charge in [0.1, 0.15) is 5.75 Å². The quantitative estimate of drug-likeness (QED) is 0.342. The zero-order valence-electron chi connectivity index (χ0n) is 17.1. The lowest BCUT2D eigenvalue weighted by molar-refractivity contribution is -0.142. The second-order valence-corrected chi connectivity index (χ2v) is 7.03. The third kappa shape index (κ3) is 4.92. The number of esters is 1. The number of amides is 1. The number of para-hydroxylation sites is 1. The summed E-state index contributed by atoms with van der Waals surface area (Å²) in [7, 11) is 1.44. The van der Waals surface area contributed by atoms with E-state index in [-0.39, 0.29) is 5.56 Å². The average molecular weight is 442 g/mol. The van der Waals surface area contributed by atoms with E-state index in [9.17, 15) is 14.4 Å². The Kier molecular flexibility index (Phi) is 6.71. The summed E-state index contributed by atoms with van der Waals surface area (Å²) >= 11 is 5.93. The van der Waals surface area contributed by atoms with Crippen LogP contribution in [0.25, 0.3) is 5.69 Å². The van der Waals surface area contributed by atoms with Crippen LogP contribution in [0.5, 0.6) is 5.75 Å². The fourth-order valence-electron chi connectivity index (χ4n) is 3.05. The Morgan fingerprint density at radius 2 is 1.81 bits per heavy atom. The maximum Gasteiger partial charge on any atom is 0.380 e. The highest BCUT2D eigenvalue weighted by molar-refractivity contribution is 6.41. The largest absolute Gasteiger partial charge is 0.495 e. The van der Waals surface area contributed by atoms with Crippen molar-refractivity contribution in [2.75, 3.05) is 19.0 Å². The van der Waals surface area contributed by atoms with Crippen molar-refractivity contribution in [3.63, 3.8) is 0 Å². The van der Waals surface area contributed by atoms with Gasteiger partial charge in [0.15, 0.2) is 6.61 Å². The summed E-state index contributed by atoms with van der Waals surface area (Å²) in [6, 6.07) is 13.9. The van der Waals surface area contributed by atoms with Crippen LogP contribution in [0.4, 0.5) is 5.69 Å². The number of ketones is 1. The van der Waals surface area contributed by atoms with E-state index in [2.05, 4.69) is 10.4 Å². The van der Waals surface area contributed by atoms with Crippen LogP contribution in [0.15, 0.2) is 48.5 Å². The molecular weight excluding hydrogens is 422 g/mol. The van der Waals surface area contributed by atoms with Gasteiger partial charge in [0.2, 0.25) is 0 Å². The molecule has 0 aliphatic heterocycles. The molecule has 160 valence electrons. The molecule has 0 saturated heterocycles. The number of nitrogens with zero attached hydrogens (tertiary/aromatic N) is 2. The molecule has 0 atom stereocenters. The third-order valence-corrected chi connectivity index (χ3v) is 4.71. The highest BCUT2D eigenvalue weighted by Crippen LogP contribution is 2.27. The van der Waals surface area contributed by atoms with Crippen LogP contribution >= 0.6 is 11.6 Å². The van der Waals surface area contributed by atoms with Crippen molar-refractivity contribution in [3.8, 4) is 11.4 Å². The monoisotopic (exact) mass is 441 g/mol. The summed E-state index contributed by atoms with van der Waals surface area (Å²) in [5.74, 6) is -2.27. The van der Waals surface area contributed by atoms with Gasteiger partial charge >= 0.3 is 5.97 Å². The number of nitrogens with one attached hydrogen (secondary N) is 1. The number of carbonyl (C=O) groups is 3. The molecule has 0 aliphatic rings. The lowest BCUT2D eigenvalue weighted by Gasteiger charge is -2.10. The Morgan fingerprint density at radius 3 is 2.48 bits per heavy atom. The number of carbonyl (C=O) groups excluding carboxylic acids is 3. The van der Waals surface area contributed by atoms with Gasteiger partial charge in [-0.3, -0.25) is 9.59 Å². The topological polar surface area (TPSA) is 99.5 Å². The first-order valence-corrected chi connectivity index (χ1v) is 9.66. The molecule has 2 aromatic carbocycles. The number of ether oxygens (including phenoxy) is 2. The predicted octanol–water partition coefficient (Wildman–Crippen LogP) is 3.52. The molecule has 0 saturated carbocycles. The van der Waals surface area contributed by atoms with Gasteiger partial charge in [-0.15, -0.1) is 0 Å². The first-order chi connectivity index (χ1) is 14.8. The Hall–Kier alpha value is -3.65. The molecule has 3 aromatic rings. The van der Waals surface area contributed by atoms with E-state index in [1.807, 2.05) is 30.3 Å². The third-order valence-electron chi connectivity index (χ3n) is 4.47. The van der Waals surface area contributed by atoms with E-state index in [1.54, 1.807) is 30.7 Å². The van der Waals surface area contributed by atoms with Crippen molar-refractivity contribution in [2.45, 2.75) is 13.8 Å². The molecular formula is C22H20ClN3O5. The molecule has 1 amide bonds. The van der Waals surface area contributed by atoms with Crippen LogP contribution in [-0.2, 0) is 14.3 Å². The zero-order chi connectivity index (χ0) is 22.5. The molecule has 8 nitrogen and oxygen atoms in total. The number of Topliss-reactive ketones (excluding diaryl/α,β-unsaturated/α-hetero) is 1. The van der Waals surface area contributed by atoms with Crippen LogP contribution < -0.4 is 10.1 Å². The van der Waals surface area contributed by atoms with Crippen LogP contribution in [0.2, 0.25) is 5.02 Å². The second kappa shape index (κ2) is 9.44. The summed E-state index contributed by atoms with van der Waals surface area (Å²) in [6.07, 6.45) is 0. The number of anilines is 1. The minimum absolute atomic E-state index is 0.144. The lowest BCUT2D eigenvalue weighted by Crippen LogP contribution is -2.25. The smallest absolute Gasteiger partial charge is 0.380 e. The summed E-state index contributed by atoms with van der Waals surface area (Å²) in [6.45, 7) is 2.67. The maximum absolute atomic E-state index is 12.6. The Bertz CT molecular complexity index is 1140. The molecule has 0 fully saturated rings.